The van der Waals surface area contributed by atoms with Crippen molar-refractivity contribution in [2.75, 3.05) is 0 Å². The predicted molar refractivity (Wildman–Crippen MR) is 85.4 cm³/mol. The van der Waals surface area contributed by atoms with Gasteiger partial charge in [0.15, 0.2) is 5.82 Å². The minimum atomic E-state index is 0.513. The summed E-state index contributed by atoms with van der Waals surface area (Å²) in [6.45, 7) is 0. The van der Waals surface area contributed by atoms with Gasteiger partial charge in [0.25, 0.3) is 0 Å². The van der Waals surface area contributed by atoms with E-state index in [0.29, 0.717) is 11.0 Å². The summed E-state index contributed by atoms with van der Waals surface area (Å²) in [6.07, 6.45) is 0. The molecule has 0 bridgehead atoms. The van der Waals surface area contributed by atoms with Crippen LogP contribution in [0.5, 0.6) is 0 Å². The fourth-order valence-corrected chi connectivity index (χ4v) is 3.41. The first-order chi connectivity index (χ1) is 9.83. The van der Waals surface area contributed by atoms with E-state index >= 15 is 0 Å². The number of benzene rings is 2. The maximum absolute atomic E-state index is 6.26. The van der Waals surface area contributed by atoms with Gasteiger partial charge in [-0.25, -0.2) is 9.97 Å². The van der Waals surface area contributed by atoms with E-state index < -0.39 is 0 Å². The molecule has 4 aromatic rings. The van der Waals surface area contributed by atoms with Crippen molar-refractivity contribution < 1.29 is 0 Å². The Bertz CT molecular complexity index is 925. The number of rotatable bonds is 1. The van der Waals surface area contributed by atoms with Crippen molar-refractivity contribution in [3.05, 3.63) is 59.1 Å². The molecule has 4 rings (SSSR count). The Morgan fingerprint density at radius 2 is 1.70 bits per heavy atom. The Morgan fingerprint density at radius 1 is 0.850 bits per heavy atom. The molecular formula is C16H9ClN2S. The first-order valence-electron chi connectivity index (χ1n) is 6.22. The highest BCUT2D eigenvalue weighted by Crippen LogP contribution is 2.31. The molecule has 0 aliphatic rings. The van der Waals surface area contributed by atoms with E-state index in [1.54, 1.807) is 11.3 Å². The molecule has 2 aromatic heterocycles. The van der Waals surface area contributed by atoms with Gasteiger partial charge in [0, 0.05) is 10.9 Å². The smallest absolute Gasteiger partial charge is 0.163 e. The van der Waals surface area contributed by atoms with Crippen molar-refractivity contribution in [2.45, 2.75) is 0 Å². The molecule has 0 fully saturated rings. The number of nitrogens with zero attached hydrogens (tertiary/aromatic N) is 2. The first-order valence-corrected chi connectivity index (χ1v) is 7.47. The van der Waals surface area contributed by atoms with Crippen LogP contribution in [-0.2, 0) is 0 Å². The van der Waals surface area contributed by atoms with E-state index in [9.17, 15) is 0 Å². The second-order valence-corrected chi connectivity index (χ2v) is 5.76. The summed E-state index contributed by atoms with van der Waals surface area (Å²) in [7, 11) is 0. The largest absolute Gasteiger partial charge is 0.217 e. The lowest BCUT2D eigenvalue weighted by Gasteiger charge is -2.06. The van der Waals surface area contributed by atoms with Gasteiger partial charge in [-0.05, 0) is 22.2 Å². The van der Waals surface area contributed by atoms with Crippen LogP contribution in [0.4, 0.5) is 0 Å². The van der Waals surface area contributed by atoms with E-state index in [4.69, 9.17) is 11.6 Å². The third-order valence-electron chi connectivity index (χ3n) is 3.31. The topological polar surface area (TPSA) is 25.8 Å². The van der Waals surface area contributed by atoms with Crippen LogP contribution in [-0.4, -0.2) is 9.97 Å². The molecule has 96 valence electrons. The highest BCUT2D eigenvalue weighted by Gasteiger charge is 2.11. The molecule has 20 heavy (non-hydrogen) atoms. The maximum atomic E-state index is 6.26. The number of hydrogen-bond donors (Lipinski definition) is 0. The molecule has 4 heteroatoms. The van der Waals surface area contributed by atoms with Crippen LogP contribution in [0, 0.1) is 0 Å². The van der Waals surface area contributed by atoms with E-state index in [1.165, 1.54) is 5.39 Å². The average molecular weight is 297 g/mol. The summed E-state index contributed by atoms with van der Waals surface area (Å²) in [5.41, 5.74) is 1.01. The van der Waals surface area contributed by atoms with Gasteiger partial charge in [-0.1, -0.05) is 54.1 Å². The lowest BCUT2D eigenvalue weighted by atomic mass is 10.0. The lowest BCUT2D eigenvalue weighted by molar-refractivity contribution is 1.24. The minimum Gasteiger partial charge on any atom is -0.217 e. The summed E-state index contributed by atoms with van der Waals surface area (Å²) in [6, 6.07) is 16.3. The summed E-state index contributed by atoms with van der Waals surface area (Å²) in [5.74, 6) is 0.682. The van der Waals surface area contributed by atoms with Crippen molar-refractivity contribution in [3.8, 4) is 11.4 Å². The first kappa shape index (κ1) is 11.8. The highest BCUT2D eigenvalue weighted by atomic mass is 35.5. The Hall–Kier alpha value is -1.97. The highest BCUT2D eigenvalue weighted by molar-refractivity contribution is 7.16. The molecule has 2 nitrogen and oxygen atoms in total. The zero-order chi connectivity index (χ0) is 13.5. The Balaban J connectivity index is 2.06. The SMILES string of the molecule is Clc1nc(-c2cccc3ccccc23)nc2sccc12. The van der Waals surface area contributed by atoms with E-state index in [-0.39, 0.29) is 0 Å². The molecule has 0 unspecified atom stereocenters. The van der Waals surface area contributed by atoms with Crippen molar-refractivity contribution in [2.24, 2.45) is 0 Å². The zero-order valence-electron chi connectivity index (χ0n) is 10.4. The number of hydrogen-bond acceptors (Lipinski definition) is 3. The van der Waals surface area contributed by atoms with Crippen molar-refractivity contribution in [1.29, 1.82) is 0 Å². The van der Waals surface area contributed by atoms with Crippen LogP contribution >= 0.6 is 22.9 Å². The Morgan fingerprint density at radius 3 is 2.65 bits per heavy atom. The molecule has 2 heterocycles. The van der Waals surface area contributed by atoms with Crippen LogP contribution in [0.25, 0.3) is 32.4 Å². The third-order valence-corrected chi connectivity index (χ3v) is 4.40. The number of aromatic nitrogens is 2. The van der Waals surface area contributed by atoms with Crippen LogP contribution in [0.2, 0.25) is 5.15 Å². The van der Waals surface area contributed by atoms with Gasteiger partial charge in [0.2, 0.25) is 0 Å². The van der Waals surface area contributed by atoms with Gasteiger partial charge in [-0.15, -0.1) is 11.3 Å². The maximum Gasteiger partial charge on any atom is 0.163 e. The van der Waals surface area contributed by atoms with Gasteiger partial charge in [-0.3, -0.25) is 0 Å². The van der Waals surface area contributed by atoms with Crippen LogP contribution in [0.15, 0.2) is 53.9 Å². The van der Waals surface area contributed by atoms with Crippen LogP contribution < -0.4 is 0 Å². The second-order valence-electron chi connectivity index (χ2n) is 4.50. The molecule has 0 saturated carbocycles. The molecule has 0 N–H and O–H groups in total. The minimum absolute atomic E-state index is 0.513. The van der Waals surface area contributed by atoms with Crippen molar-refractivity contribution in [1.82, 2.24) is 9.97 Å². The van der Waals surface area contributed by atoms with Gasteiger partial charge in [0.1, 0.15) is 9.98 Å². The number of thiophene rings is 1. The fraction of sp³-hybridized carbons (Fsp3) is 0. The standard InChI is InChI=1S/C16H9ClN2S/c17-14-13-8-9-20-16(13)19-15(18-14)12-7-3-5-10-4-1-2-6-11(10)12/h1-9H. The molecule has 0 atom stereocenters. The predicted octanol–water partition coefficient (Wildman–Crippen LogP) is 5.16. The molecule has 2 aromatic carbocycles. The summed E-state index contributed by atoms with van der Waals surface area (Å²) in [4.78, 5) is 10.0. The van der Waals surface area contributed by atoms with Gasteiger partial charge < -0.3 is 0 Å². The zero-order valence-corrected chi connectivity index (χ0v) is 11.9. The van der Waals surface area contributed by atoms with Gasteiger partial charge in [-0.2, -0.15) is 0 Å². The molecule has 0 aliphatic carbocycles. The Labute approximate surface area is 124 Å². The number of halogens is 1. The van der Waals surface area contributed by atoms with Crippen molar-refractivity contribution >= 4 is 43.9 Å². The van der Waals surface area contributed by atoms with E-state index in [0.717, 1.165) is 21.2 Å². The molecular weight excluding hydrogens is 288 g/mol. The van der Waals surface area contributed by atoms with Crippen LogP contribution in [0.1, 0.15) is 0 Å². The molecule has 0 radical (unpaired) electrons. The summed E-state index contributed by atoms with van der Waals surface area (Å²) in [5, 5.41) is 5.73. The summed E-state index contributed by atoms with van der Waals surface area (Å²) < 4.78 is 0. The van der Waals surface area contributed by atoms with Gasteiger partial charge in [0.05, 0.1) is 0 Å². The van der Waals surface area contributed by atoms with Crippen molar-refractivity contribution in [3.63, 3.8) is 0 Å². The number of fused-ring (bicyclic) bond motifs is 2. The molecule has 0 amide bonds. The third kappa shape index (κ3) is 1.79. The lowest BCUT2D eigenvalue weighted by Crippen LogP contribution is -1.90. The monoisotopic (exact) mass is 296 g/mol. The molecule has 0 saturated heterocycles. The average Bonchev–Trinajstić information content (AvgIpc) is 2.95. The normalized spacial score (nSPS) is 11.2. The molecule has 0 aliphatic heterocycles. The van der Waals surface area contributed by atoms with Gasteiger partial charge >= 0.3 is 0 Å². The van der Waals surface area contributed by atoms with Crippen LogP contribution in [0.3, 0.4) is 0 Å². The summed E-state index contributed by atoms with van der Waals surface area (Å²) >= 11 is 7.84. The second kappa shape index (κ2) is 4.54. The fourth-order valence-electron chi connectivity index (χ4n) is 2.36. The van der Waals surface area contributed by atoms with E-state index in [1.807, 2.05) is 35.7 Å². The quantitative estimate of drug-likeness (QED) is 0.453. The Kier molecular flexibility index (Phi) is 2.69. The van der Waals surface area contributed by atoms with E-state index in [2.05, 4.69) is 28.2 Å². The molecule has 0 spiro atoms.